The van der Waals surface area contributed by atoms with E-state index in [1.807, 2.05) is 30.3 Å². The molecule has 0 spiro atoms. The highest BCUT2D eigenvalue weighted by Gasteiger charge is 2.13. The molecule has 6 heteroatoms. The Bertz CT molecular complexity index is 695. The molecule has 0 bridgehead atoms. The molecule has 0 fully saturated rings. The van der Waals surface area contributed by atoms with E-state index in [4.69, 9.17) is 11.6 Å². The first-order valence-electron chi connectivity index (χ1n) is 5.44. The largest absolute Gasteiger partial charge is 0.288 e. The van der Waals surface area contributed by atoms with E-state index in [9.17, 15) is 8.42 Å². The molecule has 0 amide bonds. The summed E-state index contributed by atoms with van der Waals surface area (Å²) in [6, 6.07) is 15.3. The highest BCUT2D eigenvalue weighted by atomic mass is 35.5. The lowest BCUT2D eigenvalue weighted by Gasteiger charge is -2.03. The van der Waals surface area contributed by atoms with E-state index in [1.165, 1.54) is 12.1 Å². The molecular weight excluding hydrogens is 302 g/mol. The van der Waals surface area contributed by atoms with Gasteiger partial charge in [-0.25, -0.2) is 0 Å². The summed E-state index contributed by atoms with van der Waals surface area (Å²) in [7, 11) is -4.35. The monoisotopic (exact) mass is 313 g/mol. The van der Waals surface area contributed by atoms with Crippen molar-refractivity contribution in [3.8, 4) is 0 Å². The molecule has 0 heterocycles. The molecule has 0 radical (unpaired) electrons. The van der Waals surface area contributed by atoms with Crippen molar-refractivity contribution >= 4 is 32.3 Å². The number of hydrogen-bond acceptors (Lipinski definition) is 2. The van der Waals surface area contributed by atoms with Gasteiger partial charge in [0.1, 0.15) is 0 Å². The van der Waals surface area contributed by atoms with E-state index >= 15 is 0 Å². The van der Waals surface area contributed by atoms with E-state index in [-0.39, 0.29) is 4.90 Å². The second-order valence-electron chi connectivity index (χ2n) is 3.79. The maximum Gasteiger partial charge on any atom is 0.288 e. The van der Waals surface area contributed by atoms with Gasteiger partial charge in [-0.2, -0.15) is 8.42 Å². The summed E-state index contributed by atoms with van der Waals surface area (Å²) in [5.41, 5.74) is 0. The Labute approximate surface area is 120 Å². The van der Waals surface area contributed by atoms with Gasteiger partial charge in [0.15, 0.2) is 0 Å². The Kier molecular flexibility index (Phi) is 4.39. The lowest BCUT2D eigenvalue weighted by Crippen LogP contribution is -1.99. The molecule has 0 aromatic heterocycles. The van der Waals surface area contributed by atoms with Crippen molar-refractivity contribution in [2.75, 3.05) is 6.26 Å². The third kappa shape index (κ3) is 3.65. The van der Waals surface area contributed by atoms with Crippen molar-refractivity contribution in [1.29, 1.82) is 0 Å². The first-order chi connectivity index (χ1) is 8.99. The summed E-state index contributed by atoms with van der Waals surface area (Å²) in [4.78, 5) is 1.05. The minimum Gasteiger partial charge on any atom is -0.199 e. The fraction of sp³-hybridized carbons (Fsp3) is 0.0769. The fourth-order valence-electron chi connectivity index (χ4n) is 1.46. The summed E-state index contributed by atoms with van der Waals surface area (Å²) < 4.78 is 28.2. The third-order valence-electron chi connectivity index (χ3n) is 2.41. The van der Waals surface area contributed by atoms with Crippen LogP contribution in [0.5, 0.6) is 0 Å². The van der Waals surface area contributed by atoms with Crippen LogP contribution >= 0.6 is 11.6 Å². The first kappa shape index (κ1) is 14.2. The zero-order chi connectivity index (χ0) is 13.9. The van der Waals surface area contributed by atoms with Crippen molar-refractivity contribution in [1.82, 2.24) is 0 Å². The SMILES string of the molecule is C[S@](=NS(=O)(=O)c1ccc(Cl)cc1)c1ccccc1. The van der Waals surface area contributed by atoms with E-state index in [2.05, 4.69) is 3.77 Å². The van der Waals surface area contributed by atoms with Gasteiger partial charge in [-0.3, -0.25) is 0 Å². The number of sulfonamides is 1. The normalized spacial score (nSPS) is 13.4. The zero-order valence-corrected chi connectivity index (χ0v) is 12.5. The van der Waals surface area contributed by atoms with Gasteiger partial charge in [0, 0.05) is 9.92 Å². The van der Waals surface area contributed by atoms with Crippen LogP contribution in [-0.4, -0.2) is 14.7 Å². The Morgan fingerprint density at radius 2 is 1.58 bits per heavy atom. The van der Waals surface area contributed by atoms with Crippen LogP contribution in [0.15, 0.2) is 68.2 Å². The van der Waals surface area contributed by atoms with Gasteiger partial charge >= 0.3 is 0 Å². The van der Waals surface area contributed by atoms with Crippen LogP contribution in [-0.2, 0) is 20.7 Å². The van der Waals surface area contributed by atoms with Crippen LogP contribution in [0.1, 0.15) is 0 Å². The number of hydrogen-bond donors (Lipinski definition) is 0. The third-order valence-corrected chi connectivity index (χ3v) is 6.16. The molecule has 1 atom stereocenters. The van der Waals surface area contributed by atoms with Gasteiger partial charge in [-0.15, -0.1) is 3.77 Å². The quantitative estimate of drug-likeness (QED) is 0.870. The predicted molar refractivity (Wildman–Crippen MR) is 79.1 cm³/mol. The number of halogens is 1. The summed E-state index contributed by atoms with van der Waals surface area (Å²) in [6.45, 7) is 0. The van der Waals surface area contributed by atoms with Crippen LogP contribution in [0.2, 0.25) is 5.02 Å². The van der Waals surface area contributed by atoms with E-state index in [1.54, 1.807) is 18.4 Å². The highest BCUT2D eigenvalue weighted by molar-refractivity contribution is 7.99. The Balaban J connectivity index is 2.39. The van der Waals surface area contributed by atoms with Crippen molar-refractivity contribution < 1.29 is 8.42 Å². The summed E-state index contributed by atoms with van der Waals surface area (Å²) >= 11 is 5.74. The van der Waals surface area contributed by atoms with Crippen molar-refractivity contribution in [2.24, 2.45) is 3.77 Å². The first-order valence-corrected chi connectivity index (χ1v) is 8.84. The van der Waals surface area contributed by atoms with Gasteiger partial charge in [-0.05, 0) is 42.7 Å². The van der Waals surface area contributed by atoms with Crippen LogP contribution < -0.4 is 0 Å². The maximum absolute atomic E-state index is 12.1. The Morgan fingerprint density at radius 3 is 2.16 bits per heavy atom. The molecule has 2 rings (SSSR count). The smallest absolute Gasteiger partial charge is 0.199 e. The molecule has 2 aromatic rings. The van der Waals surface area contributed by atoms with Gasteiger partial charge in [-0.1, -0.05) is 40.5 Å². The molecule has 2 aromatic carbocycles. The topological polar surface area (TPSA) is 46.5 Å². The van der Waals surface area contributed by atoms with Gasteiger partial charge in [0.2, 0.25) is 0 Å². The van der Waals surface area contributed by atoms with Crippen LogP contribution in [0.4, 0.5) is 0 Å². The molecule has 0 aliphatic rings. The maximum atomic E-state index is 12.1. The second-order valence-corrected chi connectivity index (χ2v) is 7.68. The molecule has 19 heavy (non-hydrogen) atoms. The zero-order valence-electron chi connectivity index (χ0n) is 10.2. The molecule has 0 N–H and O–H groups in total. The average molecular weight is 314 g/mol. The minimum absolute atomic E-state index is 0.159. The highest BCUT2D eigenvalue weighted by Crippen LogP contribution is 2.18. The summed E-state index contributed by atoms with van der Waals surface area (Å²) in [5, 5.41) is 0.498. The predicted octanol–water partition coefficient (Wildman–Crippen LogP) is 3.52. The number of rotatable bonds is 3. The minimum atomic E-state index is -3.65. The number of nitrogens with zero attached hydrogens (tertiary/aromatic N) is 1. The van der Waals surface area contributed by atoms with Crippen molar-refractivity contribution in [2.45, 2.75) is 9.79 Å². The fourth-order valence-corrected chi connectivity index (χ4v) is 4.48. The van der Waals surface area contributed by atoms with Gasteiger partial charge in [0.25, 0.3) is 10.0 Å². The van der Waals surface area contributed by atoms with E-state index in [0.29, 0.717) is 5.02 Å². The number of benzene rings is 2. The average Bonchev–Trinajstić information content (AvgIpc) is 2.40. The molecular formula is C13H12ClNO2S2. The van der Waals surface area contributed by atoms with Crippen molar-refractivity contribution in [3.05, 3.63) is 59.6 Å². The summed E-state index contributed by atoms with van der Waals surface area (Å²) in [5.74, 6) is 0. The van der Waals surface area contributed by atoms with Crippen LogP contribution in [0.3, 0.4) is 0 Å². The summed E-state index contributed by atoms with van der Waals surface area (Å²) in [6.07, 6.45) is 1.78. The van der Waals surface area contributed by atoms with Crippen molar-refractivity contribution in [3.63, 3.8) is 0 Å². The molecule has 0 aliphatic heterocycles. The van der Waals surface area contributed by atoms with Gasteiger partial charge in [0.05, 0.1) is 4.90 Å². The molecule has 3 nitrogen and oxygen atoms in total. The second kappa shape index (κ2) is 5.86. The van der Waals surface area contributed by atoms with Crippen LogP contribution in [0, 0.1) is 0 Å². The Hall–Kier alpha value is -1.17. The molecule has 100 valence electrons. The molecule has 0 saturated carbocycles. The molecule has 0 saturated heterocycles. The van der Waals surface area contributed by atoms with E-state index < -0.39 is 20.7 Å². The lowest BCUT2D eigenvalue weighted by atomic mass is 10.4. The van der Waals surface area contributed by atoms with E-state index in [0.717, 1.165) is 4.90 Å². The molecule has 0 unspecified atom stereocenters. The lowest BCUT2D eigenvalue weighted by molar-refractivity contribution is 0.598. The standard InChI is InChI=1S/C13H12ClNO2S2/c1-18(12-5-3-2-4-6-12)15-19(16,17)13-9-7-11(14)8-10-13/h2-10H,1H3/t18-/m0/s1. The van der Waals surface area contributed by atoms with Gasteiger partial charge < -0.3 is 0 Å². The molecule has 0 aliphatic carbocycles. The Morgan fingerprint density at radius 1 is 1.00 bits per heavy atom. The van der Waals surface area contributed by atoms with Crippen LogP contribution in [0.25, 0.3) is 0 Å².